The molecule has 3 heterocycles. The zero-order chi connectivity index (χ0) is 33.1. The minimum absolute atomic E-state index is 0.0341. The van der Waals surface area contributed by atoms with Crippen LogP contribution in [0.5, 0.6) is 17.2 Å². The van der Waals surface area contributed by atoms with Crippen molar-refractivity contribution in [3.05, 3.63) is 130 Å². The second-order valence-electron chi connectivity index (χ2n) is 9.99. The van der Waals surface area contributed by atoms with Crippen molar-refractivity contribution in [2.75, 3.05) is 19.5 Å². The third kappa shape index (κ3) is 6.24. The fourth-order valence-corrected chi connectivity index (χ4v) is 4.74. The maximum atomic E-state index is 15.3. The van der Waals surface area contributed by atoms with Gasteiger partial charge in [0.2, 0.25) is 0 Å². The number of aromatic nitrogens is 5. The molecule has 0 fully saturated rings. The third-order valence-electron chi connectivity index (χ3n) is 7.04. The van der Waals surface area contributed by atoms with Crippen molar-refractivity contribution in [2.24, 2.45) is 0 Å². The van der Waals surface area contributed by atoms with Gasteiger partial charge in [-0.15, -0.1) is 0 Å². The number of nitrogens with zero attached hydrogens (tertiary/aromatic N) is 5. The van der Waals surface area contributed by atoms with Crippen LogP contribution in [-0.4, -0.2) is 50.6 Å². The van der Waals surface area contributed by atoms with E-state index in [0.717, 1.165) is 28.4 Å². The number of methoxy groups -OCH3 is 2. The Morgan fingerprint density at radius 2 is 1.66 bits per heavy atom. The number of anilines is 1. The second kappa shape index (κ2) is 12.9. The van der Waals surface area contributed by atoms with Gasteiger partial charge in [-0.1, -0.05) is 12.1 Å². The largest absolute Gasteiger partial charge is 0.497 e. The molecular weight excluding hydrogens is 614 g/mol. The van der Waals surface area contributed by atoms with Crippen LogP contribution >= 0.6 is 0 Å². The molecule has 0 aliphatic heterocycles. The molecule has 0 aliphatic rings. The molecule has 0 radical (unpaired) electrons. The molecule has 12 nitrogen and oxygen atoms in total. The fourth-order valence-electron chi connectivity index (χ4n) is 4.74. The Hall–Kier alpha value is -6.44. The summed E-state index contributed by atoms with van der Waals surface area (Å²) in [5.74, 6) is -2.36. The van der Waals surface area contributed by atoms with Crippen molar-refractivity contribution >= 4 is 28.6 Å². The Bertz CT molecular complexity index is 2180. The topological polar surface area (TPSA) is 139 Å². The van der Waals surface area contributed by atoms with Gasteiger partial charge >= 0.3 is 5.97 Å². The van der Waals surface area contributed by atoms with Gasteiger partial charge in [0.05, 0.1) is 31.8 Å². The summed E-state index contributed by atoms with van der Waals surface area (Å²) in [6.45, 7) is 0.253. The van der Waals surface area contributed by atoms with E-state index in [4.69, 9.17) is 14.2 Å². The maximum Gasteiger partial charge on any atom is 0.359 e. The number of hydrogen-bond donors (Lipinski definition) is 1. The van der Waals surface area contributed by atoms with Gasteiger partial charge in [-0.2, -0.15) is 14.9 Å². The Morgan fingerprint density at radius 1 is 0.894 bits per heavy atom. The normalized spacial score (nSPS) is 10.9. The number of amides is 1. The molecular formula is C33H24F2N6O6. The van der Waals surface area contributed by atoms with Gasteiger partial charge in [-0.25, -0.2) is 23.2 Å². The molecule has 0 bridgehead atoms. The first kappa shape index (κ1) is 30.6. The zero-order valence-corrected chi connectivity index (χ0v) is 24.8. The molecule has 47 heavy (non-hydrogen) atoms. The number of fused-ring (bicyclic) bond motifs is 1. The van der Waals surface area contributed by atoms with Crippen molar-refractivity contribution in [3.8, 4) is 22.9 Å². The van der Waals surface area contributed by atoms with Crippen LogP contribution in [0.15, 0.2) is 96.1 Å². The van der Waals surface area contributed by atoms with Gasteiger partial charge in [-0.05, 0) is 60.2 Å². The molecule has 0 aliphatic carbocycles. The van der Waals surface area contributed by atoms with Gasteiger partial charge in [0.15, 0.2) is 22.9 Å². The van der Waals surface area contributed by atoms with Crippen LogP contribution in [0.4, 0.5) is 14.5 Å². The van der Waals surface area contributed by atoms with Crippen LogP contribution < -0.4 is 20.3 Å². The van der Waals surface area contributed by atoms with Crippen molar-refractivity contribution < 1.29 is 32.6 Å². The summed E-state index contributed by atoms with van der Waals surface area (Å²) < 4.78 is 47.2. The molecule has 0 saturated carbocycles. The molecule has 0 atom stereocenters. The Labute approximate surface area is 264 Å². The van der Waals surface area contributed by atoms with Crippen molar-refractivity contribution in [3.63, 3.8) is 0 Å². The van der Waals surface area contributed by atoms with Gasteiger partial charge in [0.1, 0.15) is 22.9 Å². The minimum atomic E-state index is -0.851. The van der Waals surface area contributed by atoms with E-state index in [1.165, 1.54) is 60.6 Å². The monoisotopic (exact) mass is 638 g/mol. The highest BCUT2D eigenvalue weighted by Crippen LogP contribution is 2.34. The summed E-state index contributed by atoms with van der Waals surface area (Å²) in [6.07, 6.45) is 2.68. The lowest BCUT2D eigenvalue weighted by Gasteiger charge is -2.11. The standard InChI is InChI=1S/C33H24F2N6O6/c1-45-23-10-3-19(4-11-23)18-40-30-28(29(39-40)33(44)46-2)27(14-15-36-30)47-26-12-7-21(17-25(26)35)38-31(42)24-13-16-37-41(32(24)43)22-8-5-20(34)6-9-22/h3-17H,18H2,1-2H3,(H,38,42). The van der Waals surface area contributed by atoms with Crippen LogP contribution in [0.1, 0.15) is 26.4 Å². The second-order valence-corrected chi connectivity index (χ2v) is 9.99. The predicted octanol–water partition coefficient (Wildman–Crippen LogP) is 5.14. The molecule has 1 N–H and O–H groups in total. The fraction of sp³-hybridized carbons (Fsp3) is 0.0909. The van der Waals surface area contributed by atoms with Crippen LogP contribution in [0.25, 0.3) is 16.7 Å². The Morgan fingerprint density at radius 3 is 2.36 bits per heavy atom. The van der Waals surface area contributed by atoms with Gasteiger partial charge < -0.3 is 19.5 Å². The molecule has 0 spiro atoms. The van der Waals surface area contributed by atoms with Gasteiger partial charge in [-0.3, -0.25) is 9.59 Å². The Kier molecular flexibility index (Phi) is 8.38. The number of pyridine rings is 1. The lowest BCUT2D eigenvalue weighted by atomic mass is 10.2. The summed E-state index contributed by atoms with van der Waals surface area (Å²) in [7, 11) is 2.78. The van der Waals surface area contributed by atoms with E-state index in [1.54, 1.807) is 19.2 Å². The van der Waals surface area contributed by atoms with E-state index >= 15 is 4.39 Å². The summed E-state index contributed by atoms with van der Waals surface area (Å²) in [4.78, 5) is 43.0. The minimum Gasteiger partial charge on any atom is -0.497 e. The molecule has 0 unspecified atom stereocenters. The van der Waals surface area contributed by atoms with Crippen molar-refractivity contribution in [2.45, 2.75) is 6.54 Å². The summed E-state index contributed by atoms with van der Waals surface area (Å²) in [6, 6.07) is 18.6. The Balaban J connectivity index is 1.26. The van der Waals surface area contributed by atoms with E-state index in [-0.39, 0.29) is 46.1 Å². The number of carbonyl (C=O) groups is 2. The summed E-state index contributed by atoms with van der Waals surface area (Å²) in [5.41, 5.74) is 0.333. The quantitative estimate of drug-likeness (QED) is 0.213. The van der Waals surface area contributed by atoms with E-state index in [1.807, 2.05) is 12.1 Å². The molecule has 236 valence electrons. The molecule has 0 saturated heterocycles. The third-order valence-corrected chi connectivity index (χ3v) is 7.04. The molecule has 6 rings (SSSR count). The lowest BCUT2D eigenvalue weighted by molar-refractivity contribution is 0.0594. The highest BCUT2D eigenvalue weighted by atomic mass is 19.1. The highest BCUT2D eigenvalue weighted by molar-refractivity contribution is 6.04. The first-order chi connectivity index (χ1) is 22.7. The average Bonchev–Trinajstić information content (AvgIpc) is 3.45. The number of hydrogen-bond acceptors (Lipinski definition) is 9. The molecule has 6 aromatic rings. The first-order valence-corrected chi connectivity index (χ1v) is 14.0. The predicted molar refractivity (Wildman–Crippen MR) is 165 cm³/mol. The van der Waals surface area contributed by atoms with Crippen molar-refractivity contribution in [1.29, 1.82) is 0 Å². The average molecular weight is 639 g/mol. The number of esters is 1. The van der Waals surface area contributed by atoms with Crippen LogP contribution in [0, 0.1) is 11.6 Å². The smallest absolute Gasteiger partial charge is 0.359 e. The number of benzene rings is 3. The summed E-state index contributed by atoms with van der Waals surface area (Å²) >= 11 is 0. The van der Waals surface area contributed by atoms with Crippen LogP contribution in [0.3, 0.4) is 0 Å². The lowest BCUT2D eigenvalue weighted by Crippen LogP contribution is -2.29. The number of rotatable bonds is 9. The summed E-state index contributed by atoms with van der Waals surface area (Å²) in [5, 5.41) is 11.1. The maximum absolute atomic E-state index is 15.3. The van der Waals surface area contributed by atoms with Crippen LogP contribution in [-0.2, 0) is 11.3 Å². The van der Waals surface area contributed by atoms with E-state index in [0.29, 0.717) is 11.4 Å². The number of nitrogens with one attached hydrogen (secondary N) is 1. The van der Waals surface area contributed by atoms with Gasteiger partial charge in [0, 0.05) is 30.2 Å². The number of halogens is 2. The van der Waals surface area contributed by atoms with Gasteiger partial charge in [0.25, 0.3) is 11.5 Å². The first-order valence-electron chi connectivity index (χ1n) is 14.0. The zero-order valence-electron chi connectivity index (χ0n) is 24.8. The van der Waals surface area contributed by atoms with Crippen molar-refractivity contribution in [1.82, 2.24) is 24.5 Å². The molecule has 14 heteroatoms. The van der Waals surface area contributed by atoms with E-state index in [2.05, 4.69) is 20.5 Å². The molecule has 3 aromatic heterocycles. The SMILES string of the molecule is COC(=O)c1nn(Cc2ccc(OC)cc2)c2nccc(Oc3ccc(NC(=O)c4ccnn(-c5ccc(F)cc5)c4=O)cc3F)c12. The number of carbonyl (C=O) groups excluding carboxylic acids is 2. The molecule has 1 amide bonds. The van der Waals surface area contributed by atoms with E-state index < -0.39 is 29.1 Å². The number of ether oxygens (including phenoxy) is 3. The van der Waals surface area contributed by atoms with Crippen LogP contribution in [0.2, 0.25) is 0 Å². The van der Waals surface area contributed by atoms with E-state index in [9.17, 15) is 18.8 Å². The highest BCUT2D eigenvalue weighted by Gasteiger charge is 2.24. The molecule has 3 aromatic carbocycles.